The summed E-state index contributed by atoms with van der Waals surface area (Å²) in [5.74, 6) is 2.23. The molecule has 0 spiro atoms. The van der Waals surface area contributed by atoms with Gasteiger partial charge >= 0.3 is 0 Å². The minimum absolute atomic E-state index is 0.371. The Morgan fingerprint density at radius 1 is 1.30 bits per heavy atom. The Labute approximate surface area is 118 Å². The maximum Gasteiger partial charge on any atom is 0.164 e. The molecule has 0 saturated heterocycles. The summed E-state index contributed by atoms with van der Waals surface area (Å²) in [6.45, 7) is 3.96. The second-order valence-electron chi connectivity index (χ2n) is 4.30. The minimum atomic E-state index is 0.371. The van der Waals surface area contributed by atoms with Gasteiger partial charge in [0.05, 0.1) is 7.11 Å². The van der Waals surface area contributed by atoms with Crippen LogP contribution in [-0.2, 0) is 19.7 Å². The van der Waals surface area contributed by atoms with Crippen LogP contribution in [0.25, 0.3) is 0 Å². The summed E-state index contributed by atoms with van der Waals surface area (Å²) in [6.07, 6.45) is 1.54. The molecule has 0 aliphatic rings. The van der Waals surface area contributed by atoms with E-state index in [-0.39, 0.29) is 0 Å². The molecule has 0 amide bonds. The lowest BCUT2D eigenvalue weighted by molar-refractivity contribution is 0.269. The van der Waals surface area contributed by atoms with Gasteiger partial charge in [-0.25, -0.2) is 9.67 Å². The first-order valence-electron chi connectivity index (χ1n) is 6.59. The lowest BCUT2D eigenvalue weighted by atomic mass is 10.2. The van der Waals surface area contributed by atoms with Gasteiger partial charge in [-0.2, -0.15) is 5.10 Å². The SMILES string of the molecule is CCn1ncnc1COc1ccc(CNC)cc1OC. The lowest BCUT2D eigenvalue weighted by Gasteiger charge is -2.12. The summed E-state index contributed by atoms with van der Waals surface area (Å²) >= 11 is 0. The van der Waals surface area contributed by atoms with Crippen molar-refractivity contribution >= 4 is 0 Å². The molecule has 6 heteroatoms. The van der Waals surface area contributed by atoms with Crippen molar-refractivity contribution in [1.29, 1.82) is 0 Å². The van der Waals surface area contributed by atoms with Crippen molar-refractivity contribution in [3.63, 3.8) is 0 Å². The molecular formula is C14H20N4O2. The molecular weight excluding hydrogens is 256 g/mol. The van der Waals surface area contributed by atoms with Crippen LogP contribution in [0.2, 0.25) is 0 Å². The van der Waals surface area contributed by atoms with Crippen LogP contribution in [0.4, 0.5) is 0 Å². The summed E-state index contributed by atoms with van der Waals surface area (Å²) in [7, 11) is 3.55. The third kappa shape index (κ3) is 3.27. The van der Waals surface area contributed by atoms with E-state index in [0.717, 1.165) is 30.2 Å². The zero-order valence-electron chi connectivity index (χ0n) is 12.1. The third-order valence-corrected chi connectivity index (χ3v) is 2.96. The fourth-order valence-electron chi connectivity index (χ4n) is 1.95. The van der Waals surface area contributed by atoms with Crippen molar-refractivity contribution in [2.75, 3.05) is 14.2 Å². The van der Waals surface area contributed by atoms with Gasteiger partial charge in [-0.1, -0.05) is 6.07 Å². The number of benzene rings is 1. The molecule has 0 aliphatic heterocycles. The maximum atomic E-state index is 5.78. The minimum Gasteiger partial charge on any atom is -0.493 e. The summed E-state index contributed by atoms with van der Waals surface area (Å²) in [5.41, 5.74) is 1.15. The average molecular weight is 276 g/mol. The van der Waals surface area contributed by atoms with E-state index in [1.54, 1.807) is 7.11 Å². The van der Waals surface area contributed by atoms with Crippen molar-refractivity contribution in [2.45, 2.75) is 26.6 Å². The molecule has 2 aromatic rings. The van der Waals surface area contributed by atoms with E-state index in [0.29, 0.717) is 12.4 Å². The fraction of sp³-hybridized carbons (Fsp3) is 0.429. The van der Waals surface area contributed by atoms with Crippen LogP contribution in [0.1, 0.15) is 18.3 Å². The molecule has 1 aromatic heterocycles. The first kappa shape index (κ1) is 14.3. The van der Waals surface area contributed by atoms with Crippen LogP contribution < -0.4 is 14.8 Å². The Morgan fingerprint density at radius 2 is 2.15 bits per heavy atom. The highest BCUT2D eigenvalue weighted by Gasteiger charge is 2.08. The van der Waals surface area contributed by atoms with E-state index in [2.05, 4.69) is 15.4 Å². The van der Waals surface area contributed by atoms with E-state index < -0.39 is 0 Å². The highest BCUT2D eigenvalue weighted by Crippen LogP contribution is 2.28. The molecule has 1 heterocycles. The second kappa shape index (κ2) is 6.91. The van der Waals surface area contributed by atoms with Gasteiger partial charge in [-0.3, -0.25) is 0 Å². The van der Waals surface area contributed by atoms with Crippen LogP contribution in [-0.4, -0.2) is 28.9 Å². The second-order valence-corrected chi connectivity index (χ2v) is 4.30. The van der Waals surface area contributed by atoms with Crippen molar-refractivity contribution in [3.8, 4) is 11.5 Å². The fourth-order valence-corrected chi connectivity index (χ4v) is 1.95. The van der Waals surface area contributed by atoms with Crippen molar-refractivity contribution in [1.82, 2.24) is 20.1 Å². The normalized spacial score (nSPS) is 10.6. The van der Waals surface area contributed by atoms with Gasteiger partial charge in [-0.15, -0.1) is 0 Å². The summed E-state index contributed by atoms with van der Waals surface area (Å²) < 4.78 is 12.9. The zero-order chi connectivity index (χ0) is 14.4. The molecule has 1 aromatic carbocycles. The lowest BCUT2D eigenvalue weighted by Crippen LogP contribution is -2.08. The quantitative estimate of drug-likeness (QED) is 0.832. The van der Waals surface area contributed by atoms with Crippen LogP contribution in [0.15, 0.2) is 24.5 Å². The summed E-state index contributed by atoms with van der Waals surface area (Å²) in [4.78, 5) is 4.18. The number of nitrogens with one attached hydrogen (secondary N) is 1. The molecule has 6 nitrogen and oxygen atoms in total. The van der Waals surface area contributed by atoms with Gasteiger partial charge < -0.3 is 14.8 Å². The molecule has 2 rings (SSSR count). The smallest absolute Gasteiger partial charge is 0.164 e. The van der Waals surface area contributed by atoms with E-state index >= 15 is 0 Å². The monoisotopic (exact) mass is 276 g/mol. The molecule has 0 saturated carbocycles. The van der Waals surface area contributed by atoms with Crippen LogP contribution in [0.5, 0.6) is 11.5 Å². The Hall–Kier alpha value is -2.08. The Balaban J connectivity index is 2.09. The predicted molar refractivity (Wildman–Crippen MR) is 75.8 cm³/mol. The molecule has 108 valence electrons. The maximum absolute atomic E-state index is 5.78. The Kier molecular flexibility index (Phi) is 4.95. The molecule has 0 radical (unpaired) electrons. The first-order chi connectivity index (χ1) is 9.78. The molecule has 0 bridgehead atoms. The number of aromatic nitrogens is 3. The highest BCUT2D eigenvalue weighted by atomic mass is 16.5. The number of hydrogen-bond donors (Lipinski definition) is 1. The largest absolute Gasteiger partial charge is 0.493 e. The Bertz CT molecular complexity index is 554. The number of rotatable bonds is 7. The van der Waals surface area contributed by atoms with Crippen molar-refractivity contribution in [3.05, 3.63) is 35.9 Å². The molecule has 0 fully saturated rings. The van der Waals surface area contributed by atoms with Gasteiger partial charge in [0, 0.05) is 13.1 Å². The van der Waals surface area contributed by atoms with Crippen molar-refractivity contribution in [2.24, 2.45) is 0 Å². The van der Waals surface area contributed by atoms with Gasteiger partial charge in [0.15, 0.2) is 17.3 Å². The number of aryl methyl sites for hydroxylation is 1. The number of ether oxygens (including phenoxy) is 2. The standard InChI is InChI=1S/C14H20N4O2/c1-4-18-14(16-10-17-18)9-20-12-6-5-11(8-15-2)7-13(12)19-3/h5-7,10,15H,4,8-9H2,1-3H3. The van der Waals surface area contributed by atoms with Gasteiger partial charge in [0.25, 0.3) is 0 Å². The van der Waals surface area contributed by atoms with Gasteiger partial charge in [-0.05, 0) is 31.7 Å². The van der Waals surface area contributed by atoms with Crippen LogP contribution >= 0.6 is 0 Å². The molecule has 20 heavy (non-hydrogen) atoms. The average Bonchev–Trinajstić information content (AvgIpc) is 2.93. The van der Waals surface area contributed by atoms with Crippen LogP contribution in [0, 0.1) is 0 Å². The topological polar surface area (TPSA) is 61.2 Å². The number of hydrogen-bond acceptors (Lipinski definition) is 5. The van der Waals surface area contributed by atoms with E-state index in [1.807, 2.05) is 36.9 Å². The number of methoxy groups -OCH3 is 1. The summed E-state index contributed by atoms with van der Waals surface area (Å²) in [6, 6.07) is 5.90. The molecule has 0 aliphatic carbocycles. The predicted octanol–water partition coefficient (Wildman–Crippen LogP) is 1.60. The van der Waals surface area contributed by atoms with Crippen LogP contribution in [0.3, 0.4) is 0 Å². The summed E-state index contributed by atoms with van der Waals surface area (Å²) in [5, 5.41) is 7.22. The number of nitrogens with zero attached hydrogens (tertiary/aromatic N) is 3. The van der Waals surface area contributed by atoms with Gasteiger partial charge in [0.2, 0.25) is 0 Å². The molecule has 0 unspecified atom stereocenters. The Morgan fingerprint density at radius 3 is 2.85 bits per heavy atom. The van der Waals surface area contributed by atoms with Crippen molar-refractivity contribution < 1.29 is 9.47 Å². The third-order valence-electron chi connectivity index (χ3n) is 2.96. The van der Waals surface area contributed by atoms with E-state index in [1.165, 1.54) is 6.33 Å². The van der Waals surface area contributed by atoms with E-state index in [9.17, 15) is 0 Å². The zero-order valence-corrected chi connectivity index (χ0v) is 12.1. The molecule has 0 atom stereocenters. The van der Waals surface area contributed by atoms with E-state index in [4.69, 9.17) is 9.47 Å². The first-order valence-corrected chi connectivity index (χ1v) is 6.59. The van der Waals surface area contributed by atoms with Gasteiger partial charge in [0.1, 0.15) is 12.9 Å². The molecule has 1 N–H and O–H groups in total. The highest BCUT2D eigenvalue weighted by molar-refractivity contribution is 5.42.